The van der Waals surface area contributed by atoms with Crippen molar-refractivity contribution in [2.45, 2.75) is 19.5 Å². The molecule has 0 aromatic carbocycles. The van der Waals surface area contributed by atoms with Gasteiger partial charge in [0.25, 0.3) is 5.91 Å². The zero-order chi connectivity index (χ0) is 15.6. The molecular weight excluding hydrogens is 303 g/mol. The van der Waals surface area contributed by atoms with E-state index >= 15 is 0 Å². The van der Waals surface area contributed by atoms with Gasteiger partial charge in [-0.15, -0.1) is 11.3 Å². The molecule has 0 spiro atoms. The minimum atomic E-state index is -4.44. The first kappa shape index (κ1) is 15.6. The number of fused-ring (bicyclic) bond motifs is 1. The van der Waals surface area contributed by atoms with E-state index in [2.05, 4.69) is 4.98 Å². The Morgan fingerprint density at radius 1 is 1.48 bits per heavy atom. The lowest BCUT2D eigenvalue weighted by Crippen LogP contribution is -2.39. The molecule has 0 saturated heterocycles. The van der Waals surface area contributed by atoms with Crippen molar-refractivity contribution in [3.63, 3.8) is 0 Å². The smallest absolute Gasteiger partial charge is 0.396 e. The van der Waals surface area contributed by atoms with Crippen LogP contribution < -0.4 is 5.73 Å². The van der Waals surface area contributed by atoms with Crippen LogP contribution in [0.4, 0.5) is 18.9 Å². The number of aromatic nitrogens is 1. The largest absolute Gasteiger partial charge is 0.406 e. The van der Waals surface area contributed by atoms with Gasteiger partial charge >= 0.3 is 6.18 Å². The molecule has 0 aliphatic heterocycles. The summed E-state index contributed by atoms with van der Waals surface area (Å²) in [4.78, 5) is 17.3. The highest BCUT2D eigenvalue weighted by molar-refractivity contribution is 7.21. The molecular formula is C13H14F3N3OS. The maximum Gasteiger partial charge on any atom is 0.406 e. The first-order valence-corrected chi connectivity index (χ1v) is 7.14. The average Bonchev–Trinajstić information content (AvgIpc) is 2.74. The Hall–Kier alpha value is -1.83. The van der Waals surface area contributed by atoms with Crippen molar-refractivity contribution in [3.8, 4) is 0 Å². The quantitative estimate of drug-likeness (QED) is 0.941. The fraction of sp³-hybridized carbons (Fsp3) is 0.385. The van der Waals surface area contributed by atoms with Crippen LogP contribution in [0.5, 0.6) is 0 Å². The minimum absolute atomic E-state index is 0.0272. The van der Waals surface area contributed by atoms with Crippen molar-refractivity contribution in [1.29, 1.82) is 0 Å². The van der Waals surface area contributed by atoms with Gasteiger partial charge in [-0.3, -0.25) is 9.78 Å². The molecule has 0 aliphatic rings. The second-order valence-corrected chi connectivity index (χ2v) is 5.59. The zero-order valence-electron chi connectivity index (χ0n) is 11.3. The summed E-state index contributed by atoms with van der Waals surface area (Å²) in [5.41, 5.74) is 6.45. The number of nitrogens with zero attached hydrogens (tertiary/aromatic N) is 2. The number of alkyl halides is 3. The van der Waals surface area contributed by atoms with E-state index in [4.69, 9.17) is 5.73 Å². The van der Waals surface area contributed by atoms with Gasteiger partial charge < -0.3 is 10.6 Å². The summed E-state index contributed by atoms with van der Waals surface area (Å²) in [6.07, 6.45) is -2.47. The first-order valence-electron chi connectivity index (χ1n) is 6.32. The van der Waals surface area contributed by atoms with Crippen LogP contribution in [0, 0.1) is 0 Å². The van der Waals surface area contributed by atoms with Crippen LogP contribution in [0.25, 0.3) is 10.2 Å². The number of carbonyl (C=O) groups is 1. The van der Waals surface area contributed by atoms with Gasteiger partial charge in [0.15, 0.2) is 0 Å². The Labute approximate surface area is 123 Å². The summed E-state index contributed by atoms with van der Waals surface area (Å²) in [6, 6.07) is 3.42. The number of carbonyl (C=O) groups excluding carboxylic acids is 1. The second kappa shape index (κ2) is 5.88. The summed E-state index contributed by atoms with van der Waals surface area (Å²) in [6.45, 7) is 0.465. The van der Waals surface area contributed by atoms with E-state index in [1.54, 1.807) is 19.1 Å². The molecule has 0 radical (unpaired) electrons. The van der Waals surface area contributed by atoms with Gasteiger partial charge in [-0.05, 0) is 18.6 Å². The van der Waals surface area contributed by atoms with Gasteiger partial charge in [0.05, 0.1) is 10.4 Å². The Morgan fingerprint density at radius 3 is 2.76 bits per heavy atom. The van der Waals surface area contributed by atoms with Gasteiger partial charge in [0.1, 0.15) is 16.9 Å². The van der Waals surface area contributed by atoms with Crippen molar-refractivity contribution in [1.82, 2.24) is 9.88 Å². The molecule has 2 aromatic rings. The fourth-order valence-corrected chi connectivity index (χ4v) is 3.04. The van der Waals surface area contributed by atoms with Gasteiger partial charge in [-0.25, -0.2) is 0 Å². The first-order chi connectivity index (χ1) is 9.83. The molecule has 2 rings (SSSR count). The van der Waals surface area contributed by atoms with Crippen LogP contribution in [0.15, 0.2) is 18.3 Å². The third kappa shape index (κ3) is 3.44. The number of halogens is 3. The highest BCUT2D eigenvalue weighted by atomic mass is 32.1. The predicted molar refractivity (Wildman–Crippen MR) is 76.3 cm³/mol. The van der Waals surface area contributed by atoms with Gasteiger partial charge in [0, 0.05) is 12.7 Å². The Kier molecular flexibility index (Phi) is 4.36. The molecule has 1 amide bonds. The predicted octanol–water partition coefficient (Wildman–Crippen LogP) is 3.29. The normalized spacial score (nSPS) is 11.8. The molecule has 114 valence electrons. The Balaban J connectivity index is 2.36. The minimum Gasteiger partial charge on any atom is -0.396 e. The Morgan fingerprint density at radius 2 is 2.19 bits per heavy atom. The molecule has 2 heterocycles. The maximum atomic E-state index is 12.6. The number of amides is 1. The van der Waals surface area contributed by atoms with Crippen LogP contribution in [0.3, 0.4) is 0 Å². The topological polar surface area (TPSA) is 59.2 Å². The summed E-state index contributed by atoms with van der Waals surface area (Å²) in [7, 11) is 0. The molecule has 8 heteroatoms. The number of nitrogens with two attached hydrogens (primary N) is 1. The molecule has 0 bridgehead atoms. The molecule has 0 saturated carbocycles. The van der Waals surface area contributed by atoms with Crippen molar-refractivity contribution in [2.75, 3.05) is 18.8 Å². The number of hydrogen-bond acceptors (Lipinski definition) is 4. The van der Waals surface area contributed by atoms with E-state index in [0.29, 0.717) is 16.6 Å². The summed E-state index contributed by atoms with van der Waals surface area (Å²) in [5.74, 6) is -0.699. The fourth-order valence-electron chi connectivity index (χ4n) is 1.99. The van der Waals surface area contributed by atoms with Crippen molar-refractivity contribution >= 4 is 33.1 Å². The average molecular weight is 317 g/mol. The van der Waals surface area contributed by atoms with Crippen LogP contribution in [0.2, 0.25) is 0 Å². The Bertz CT molecular complexity index is 654. The van der Waals surface area contributed by atoms with E-state index in [9.17, 15) is 18.0 Å². The summed E-state index contributed by atoms with van der Waals surface area (Å²) in [5, 5.41) is 0. The molecule has 0 unspecified atom stereocenters. The third-order valence-electron chi connectivity index (χ3n) is 2.83. The van der Waals surface area contributed by atoms with Crippen molar-refractivity contribution in [2.24, 2.45) is 0 Å². The summed E-state index contributed by atoms with van der Waals surface area (Å²) >= 11 is 1.07. The van der Waals surface area contributed by atoms with Gasteiger partial charge in [-0.1, -0.05) is 6.92 Å². The number of thiophene rings is 1. The highest BCUT2D eigenvalue weighted by Crippen LogP contribution is 2.33. The molecule has 2 N–H and O–H groups in total. The molecule has 0 atom stereocenters. The van der Waals surface area contributed by atoms with Gasteiger partial charge in [-0.2, -0.15) is 13.2 Å². The molecule has 0 fully saturated rings. The van der Waals surface area contributed by atoms with Gasteiger partial charge in [0.2, 0.25) is 0 Å². The standard InChI is InChI=1S/C13H14F3N3OS/c1-2-6-19(7-13(14,15)16)12(20)11-9(17)10-8(21-11)4-3-5-18-10/h3-5H,2,6-7,17H2,1H3. The number of rotatable bonds is 4. The monoisotopic (exact) mass is 317 g/mol. The number of anilines is 1. The van der Waals surface area contributed by atoms with E-state index in [0.717, 1.165) is 16.2 Å². The van der Waals surface area contributed by atoms with E-state index in [1.165, 1.54) is 6.20 Å². The molecule has 21 heavy (non-hydrogen) atoms. The van der Waals surface area contributed by atoms with E-state index in [1.807, 2.05) is 0 Å². The number of nitrogen functional groups attached to an aromatic ring is 1. The van der Waals surface area contributed by atoms with E-state index in [-0.39, 0.29) is 17.1 Å². The third-order valence-corrected chi connectivity index (χ3v) is 3.98. The lowest BCUT2D eigenvalue weighted by atomic mass is 10.3. The summed E-state index contributed by atoms with van der Waals surface area (Å²) < 4.78 is 38.4. The van der Waals surface area contributed by atoms with Crippen LogP contribution in [-0.2, 0) is 0 Å². The number of hydrogen-bond donors (Lipinski definition) is 1. The lowest BCUT2D eigenvalue weighted by molar-refractivity contribution is -0.140. The number of pyridine rings is 1. The molecule has 0 aliphatic carbocycles. The second-order valence-electron chi connectivity index (χ2n) is 4.54. The van der Waals surface area contributed by atoms with Crippen molar-refractivity contribution < 1.29 is 18.0 Å². The van der Waals surface area contributed by atoms with Crippen molar-refractivity contribution in [3.05, 3.63) is 23.2 Å². The van der Waals surface area contributed by atoms with Crippen LogP contribution in [0.1, 0.15) is 23.0 Å². The molecule has 4 nitrogen and oxygen atoms in total. The van der Waals surface area contributed by atoms with E-state index < -0.39 is 18.6 Å². The highest BCUT2D eigenvalue weighted by Gasteiger charge is 2.34. The molecule has 2 aromatic heterocycles. The lowest BCUT2D eigenvalue weighted by Gasteiger charge is -2.23. The maximum absolute atomic E-state index is 12.6. The van der Waals surface area contributed by atoms with Crippen LogP contribution in [-0.4, -0.2) is 35.1 Å². The van der Waals surface area contributed by atoms with Crippen LogP contribution >= 0.6 is 11.3 Å². The SMILES string of the molecule is CCCN(CC(F)(F)F)C(=O)c1sc2cccnc2c1N. The zero-order valence-corrected chi connectivity index (χ0v) is 12.1.